The molecule has 0 amide bonds. The van der Waals surface area contributed by atoms with Gasteiger partial charge in [-0.2, -0.15) is 0 Å². The average Bonchev–Trinajstić information content (AvgIpc) is 3.06. The molecule has 2 rings (SSSR count). The van der Waals surface area contributed by atoms with Crippen LogP contribution in [0, 0.1) is 5.92 Å². The molecule has 2 atom stereocenters. The van der Waals surface area contributed by atoms with Crippen molar-refractivity contribution in [1.29, 1.82) is 0 Å². The van der Waals surface area contributed by atoms with Crippen molar-refractivity contribution in [2.45, 2.75) is 84.1 Å². The van der Waals surface area contributed by atoms with Crippen LogP contribution in [0.5, 0.6) is 0 Å². The Labute approximate surface area is 125 Å². The van der Waals surface area contributed by atoms with Gasteiger partial charge in [0, 0.05) is 31.2 Å². The van der Waals surface area contributed by atoms with E-state index in [2.05, 4.69) is 44.8 Å². The third-order valence-corrected chi connectivity index (χ3v) is 4.16. The van der Waals surface area contributed by atoms with Crippen LogP contribution in [-0.2, 0) is 4.74 Å². The molecule has 0 aromatic rings. The minimum Gasteiger partial charge on any atom is -0.372 e. The Bertz CT molecular complexity index is 294. The van der Waals surface area contributed by atoms with Crippen molar-refractivity contribution in [1.82, 2.24) is 10.2 Å². The molecular weight excluding hydrogens is 248 g/mol. The van der Waals surface area contributed by atoms with Gasteiger partial charge in [0.05, 0.1) is 12.2 Å². The van der Waals surface area contributed by atoms with E-state index in [4.69, 9.17) is 4.74 Å². The van der Waals surface area contributed by atoms with E-state index in [0.29, 0.717) is 12.2 Å². The summed E-state index contributed by atoms with van der Waals surface area (Å²) in [7, 11) is 0. The highest BCUT2D eigenvalue weighted by atomic mass is 16.5. The van der Waals surface area contributed by atoms with Crippen LogP contribution in [0.2, 0.25) is 0 Å². The normalized spacial score (nSPS) is 27.8. The van der Waals surface area contributed by atoms with Crippen LogP contribution >= 0.6 is 0 Å². The van der Waals surface area contributed by atoms with Crippen molar-refractivity contribution in [3.8, 4) is 0 Å². The second-order valence-corrected chi connectivity index (χ2v) is 8.17. The van der Waals surface area contributed by atoms with Gasteiger partial charge in [0.25, 0.3) is 0 Å². The molecule has 0 aromatic heterocycles. The summed E-state index contributed by atoms with van der Waals surface area (Å²) in [6, 6.07) is 0.854. The van der Waals surface area contributed by atoms with E-state index < -0.39 is 0 Å². The summed E-state index contributed by atoms with van der Waals surface area (Å²) in [4.78, 5) is 2.68. The molecule has 0 bridgehead atoms. The van der Waals surface area contributed by atoms with E-state index in [0.717, 1.165) is 25.0 Å². The lowest BCUT2D eigenvalue weighted by molar-refractivity contribution is 0.0172. The highest BCUT2D eigenvalue weighted by Gasteiger charge is 2.34. The zero-order chi connectivity index (χ0) is 14.8. The lowest BCUT2D eigenvalue weighted by Gasteiger charge is -2.27. The van der Waals surface area contributed by atoms with E-state index in [1.165, 1.54) is 32.2 Å². The van der Waals surface area contributed by atoms with Crippen LogP contribution in [0.4, 0.5) is 0 Å². The molecule has 118 valence electrons. The van der Waals surface area contributed by atoms with Crippen LogP contribution < -0.4 is 5.32 Å². The van der Waals surface area contributed by atoms with E-state index in [1.807, 2.05) is 0 Å². The Balaban J connectivity index is 1.71. The van der Waals surface area contributed by atoms with Crippen LogP contribution in [0.25, 0.3) is 0 Å². The van der Waals surface area contributed by atoms with E-state index in [9.17, 15) is 0 Å². The van der Waals surface area contributed by atoms with Gasteiger partial charge >= 0.3 is 0 Å². The zero-order valence-corrected chi connectivity index (χ0v) is 14.1. The van der Waals surface area contributed by atoms with Crippen molar-refractivity contribution in [3.05, 3.63) is 0 Å². The predicted molar refractivity (Wildman–Crippen MR) is 85.1 cm³/mol. The number of nitrogens with one attached hydrogen (secondary N) is 1. The summed E-state index contributed by atoms with van der Waals surface area (Å²) in [5.74, 6) is 0.760. The minimum absolute atomic E-state index is 0.194. The summed E-state index contributed by atoms with van der Waals surface area (Å²) >= 11 is 0. The molecule has 2 unspecified atom stereocenters. The van der Waals surface area contributed by atoms with Crippen LogP contribution in [0.15, 0.2) is 0 Å². The Hall–Kier alpha value is -0.120. The lowest BCUT2D eigenvalue weighted by Crippen LogP contribution is -2.41. The maximum Gasteiger partial charge on any atom is 0.0707 e. The Kier molecular flexibility index (Phi) is 5.49. The molecule has 3 nitrogen and oxygen atoms in total. The first-order valence-corrected chi connectivity index (χ1v) is 8.48. The van der Waals surface area contributed by atoms with Gasteiger partial charge in [-0.1, -0.05) is 13.8 Å². The van der Waals surface area contributed by atoms with Gasteiger partial charge in [0.2, 0.25) is 0 Å². The second kappa shape index (κ2) is 6.76. The zero-order valence-electron chi connectivity index (χ0n) is 14.1. The molecule has 1 saturated carbocycles. The van der Waals surface area contributed by atoms with E-state index >= 15 is 0 Å². The van der Waals surface area contributed by atoms with Gasteiger partial charge in [0.15, 0.2) is 0 Å². The summed E-state index contributed by atoms with van der Waals surface area (Å²) < 4.78 is 6.24. The van der Waals surface area contributed by atoms with Gasteiger partial charge in [-0.05, 0) is 52.4 Å². The molecule has 2 fully saturated rings. The largest absolute Gasteiger partial charge is 0.372 e. The van der Waals surface area contributed by atoms with Gasteiger partial charge in [-0.15, -0.1) is 0 Å². The summed E-state index contributed by atoms with van der Waals surface area (Å²) in [6.07, 6.45) is 6.12. The molecule has 1 aliphatic carbocycles. The van der Waals surface area contributed by atoms with Crippen LogP contribution in [-0.4, -0.2) is 48.3 Å². The topological polar surface area (TPSA) is 24.5 Å². The third-order valence-electron chi connectivity index (χ3n) is 4.16. The molecule has 20 heavy (non-hydrogen) atoms. The predicted octanol–water partition coefficient (Wildman–Crippen LogP) is 3.04. The molecule has 3 heteroatoms. The molecular formula is C17H34N2O. The fraction of sp³-hybridized carbons (Fsp3) is 1.00. The maximum absolute atomic E-state index is 6.24. The molecule has 2 aliphatic rings. The number of rotatable bonds is 7. The van der Waals surface area contributed by atoms with Gasteiger partial charge in [-0.25, -0.2) is 0 Å². The first-order valence-electron chi connectivity index (χ1n) is 8.48. The Morgan fingerprint density at radius 1 is 1.10 bits per heavy atom. The molecule has 1 heterocycles. The van der Waals surface area contributed by atoms with Gasteiger partial charge in [-0.3, -0.25) is 4.90 Å². The van der Waals surface area contributed by atoms with E-state index in [-0.39, 0.29) is 5.54 Å². The highest BCUT2D eigenvalue weighted by Crippen LogP contribution is 2.30. The van der Waals surface area contributed by atoms with Crippen molar-refractivity contribution in [3.63, 3.8) is 0 Å². The first-order chi connectivity index (χ1) is 9.33. The van der Waals surface area contributed by atoms with E-state index in [1.54, 1.807) is 0 Å². The quantitative estimate of drug-likeness (QED) is 0.777. The number of hydrogen-bond donors (Lipinski definition) is 1. The second-order valence-electron chi connectivity index (χ2n) is 8.17. The third kappa shape index (κ3) is 5.71. The minimum atomic E-state index is 0.194. The molecule has 0 radical (unpaired) electrons. The van der Waals surface area contributed by atoms with Crippen molar-refractivity contribution < 1.29 is 4.74 Å². The summed E-state index contributed by atoms with van der Waals surface area (Å²) in [5.41, 5.74) is 0.194. The lowest BCUT2D eigenvalue weighted by atomic mass is 10.1. The Morgan fingerprint density at radius 3 is 2.30 bits per heavy atom. The molecule has 0 aromatic carbocycles. The molecule has 0 spiro atoms. The van der Waals surface area contributed by atoms with Crippen molar-refractivity contribution >= 4 is 0 Å². The van der Waals surface area contributed by atoms with Crippen molar-refractivity contribution in [2.24, 2.45) is 5.92 Å². The fourth-order valence-corrected chi connectivity index (χ4v) is 3.03. The first kappa shape index (κ1) is 16.3. The number of nitrogens with zero attached hydrogens (tertiary/aromatic N) is 1. The molecule has 1 aliphatic heterocycles. The SMILES string of the molecule is CC(C)CN(CC1CCC(CNC(C)(C)C)O1)C1CC1. The highest BCUT2D eigenvalue weighted by molar-refractivity contribution is 4.88. The average molecular weight is 282 g/mol. The monoisotopic (exact) mass is 282 g/mol. The number of hydrogen-bond acceptors (Lipinski definition) is 3. The summed E-state index contributed by atoms with van der Waals surface area (Å²) in [6.45, 7) is 14.7. The number of ether oxygens (including phenoxy) is 1. The van der Waals surface area contributed by atoms with Gasteiger partial charge in [0.1, 0.15) is 0 Å². The van der Waals surface area contributed by atoms with Crippen LogP contribution in [0.3, 0.4) is 0 Å². The molecule has 1 saturated heterocycles. The fourth-order valence-electron chi connectivity index (χ4n) is 3.03. The van der Waals surface area contributed by atoms with Gasteiger partial charge < -0.3 is 10.1 Å². The van der Waals surface area contributed by atoms with Crippen LogP contribution in [0.1, 0.15) is 60.3 Å². The smallest absolute Gasteiger partial charge is 0.0707 e. The standard InChI is InChI=1S/C17H34N2O/c1-13(2)11-19(14-6-7-14)12-16-9-8-15(20-16)10-18-17(3,4)5/h13-16,18H,6-12H2,1-5H3. The Morgan fingerprint density at radius 2 is 1.75 bits per heavy atom. The molecule has 1 N–H and O–H groups in total. The van der Waals surface area contributed by atoms with Crippen molar-refractivity contribution in [2.75, 3.05) is 19.6 Å². The summed E-state index contributed by atoms with van der Waals surface area (Å²) in [5, 5.41) is 3.57. The maximum atomic E-state index is 6.24.